The summed E-state index contributed by atoms with van der Waals surface area (Å²) in [6.07, 6.45) is 1.57. The third kappa shape index (κ3) is 5.54. The van der Waals surface area contributed by atoms with Crippen LogP contribution in [-0.4, -0.2) is 48.7 Å². The molecule has 0 aliphatic heterocycles. The van der Waals surface area contributed by atoms with Gasteiger partial charge in [0.05, 0.1) is 12.9 Å². The van der Waals surface area contributed by atoms with Crippen molar-refractivity contribution in [2.75, 3.05) is 32.8 Å². The van der Waals surface area contributed by atoms with Crippen LogP contribution in [0.5, 0.6) is 0 Å². The molecular formula is C16H23N3O4. The number of nitrogens with one attached hydrogen (secondary N) is 1. The molecule has 0 radical (unpaired) electrons. The summed E-state index contributed by atoms with van der Waals surface area (Å²) in [5.41, 5.74) is 0.618. The third-order valence-corrected chi connectivity index (χ3v) is 3.45. The van der Waals surface area contributed by atoms with E-state index in [0.29, 0.717) is 23.8 Å². The molecule has 126 valence electrons. The quantitative estimate of drug-likeness (QED) is 0.720. The molecule has 0 aromatic carbocycles. The first-order chi connectivity index (χ1) is 11.2. The second-order valence-electron chi connectivity index (χ2n) is 5.03. The first kappa shape index (κ1) is 17.2. The summed E-state index contributed by atoms with van der Waals surface area (Å²) in [4.78, 5) is 13.9. The van der Waals surface area contributed by atoms with Gasteiger partial charge in [-0.15, -0.1) is 0 Å². The van der Waals surface area contributed by atoms with Crippen molar-refractivity contribution < 1.29 is 18.5 Å². The van der Waals surface area contributed by atoms with E-state index in [0.717, 1.165) is 19.6 Å². The maximum atomic E-state index is 11.7. The van der Waals surface area contributed by atoms with E-state index in [1.807, 2.05) is 0 Å². The van der Waals surface area contributed by atoms with Gasteiger partial charge >= 0.3 is 0 Å². The number of carbonyl (C=O) groups is 1. The number of hydrogen-bond acceptors (Lipinski definition) is 6. The standard InChI is InChI=1S/C16H23N3O4/c1-3-19(4-2)8-7-17-16(20)12-21-11-13-10-15(23-18-13)14-6-5-9-22-14/h5-6,9-10H,3-4,7-8,11-12H2,1-2H3,(H,17,20). The van der Waals surface area contributed by atoms with Crippen LogP contribution >= 0.6 is 0 Å². The van der Waals surface area contributed by atoms with Crippen molar-refractivity contribution in [3.63, 3.8) is 0 Å². The molecule has 0 unspecified atom stereocenters. The van der Waals surface area contributed by atoms with E-state index in [1.165, 1.54) is 0 Å². The number of hydrogen-bond donors (Lipinski definition) is 1. The molecule has 0 spiro atoms. The summed E-state index contributed by atoms with van der Waals surface area (Å²) < 4.78 is 15.7. The highest BCUT2D eigenvalue weighted by Gasteiger charge is 2.10. The number of carbonyl (C=O) groups excluding carboxylic acids is 1. The Morgan fingerprint density at radius 3 is 2.87 bits per heavy atom. The Morgan fingerprint density at radius 1 is 1.35 bits per heavy atom. The Labute approximate surface area is 135 Å². The predicted molar refractivity (Wildman–Crippen MR) is 84.7 cm³/mol. The number of ether oxygens (including phenoxy) is 1. The lowest BCUT2D eigenvalue weighted by atomic mass is 10.3. The minimum absolute atomic E-state index is 0.00119. The zero-order valence-corrected chi connectivity index (χ0v) is 13.6. The summed E-state index contributed by atoms with van der Waals surface area (Å²) >= 11 is 0. The summed E-state index contributed by atoms with van der Waals surface area (Å²) in [5.74, 6) is 1.02. The molecule has 23 heavy (non-hydrogen) atoms. The van der Waals surface area contributed by atoms with Gasteiger partial charge in [0, 0.05) is 19.2 Å². The topological polar surface area (TPSA) is 80.7 Å². The monoisotopic (exact) mass is 321 g/mol. The van der Waals surface area contributed by atoms with Crippen molar-refractivity contribution >= 4 is 5.91 Å². The molecule has 0 aliphatic carbocycles. The van der Waals surface area contributed by atoms with Crippen molar-refractivity contribution in [3.8, 4) is 11.5 Å². The van der Waals surface area contributed by atoms with Gasteiger partial charge in [0.25, 0.3) is 0 Å². The van der Waals surface area contributed by atoms with E-state index in [-0.39, 0.29) is 19.1 Å². The lowest BCUT2D eigenvalue weighted by molar-refractivity contribution is -0.126. The van der Waals surface area contributed by atoms with E-state index in [2.05, 4.69) is 29.2 Å². The van der Waals surface area contributed by atoms with Gasteiger partial charge in [-0.1, -0.05) is 19.0 Å². The minimum Gasteiger partial charge on any atom is -0.461 e. The molecule has 0 saturated carbocycles. The second kappa shape index (κ2) is 9.12. The zero-order chi connectivity index (χ0) is 16.5. The second-order valence-corrected chi connectivity index (χ2v) is 5.03. The van der Waals surface area contributed by atoms with Gasteiger partial charge in [-0.05, 0) is 25.2 Å². The van der Waals surface area contributed by atoms with Gasteiger partial charge in [0.15, 0.2) is 5.76 Å². The van der Waals surface area contributed by atoms with Gasteiger partial charge in [0.2, 0.25) is 11.7 Å². The minimum atomic E-state index is -0.132. The Morgan fingerprint density at radius 2 is 2.17 bits per heavy atom. The highest BCUT2D eigenvalue weighted by atomic mass is 16.5. The summed E-state index contributed by atoms with van der Waals surface area (Å²) in [6.45, 7) is 7.84. The van der Waals surface area contributed by atoms with Crippen LogP contribution in [0.2, 0.25) is 0 Å². The van der Waals surface area contributed by atoms with Crippen molar-refractivity contribution in [1.82, 2.24) is 15.4 Å². The smallest absolute Gasteiger partial charge is 0.246 e. The zero-order valence-electron chi connectivity index (χ0n) is 13.6. The molecule has 1 N–H and O–H groups in total. The number of rotatable bonds is 10. The molecule has 7 nitrogen and oxygen atoms in total. The van der Waals surface area contributed by atoms with Crippen molar-refractivity contribution in [2.24, 2.45) is 0 Å². The molecular weight excluding hydrogens is 298 g/mol. The fraction of sp³-hybridized carbons (Fsp3) is 0.500. The molecule has 0 aliphatic rings. The van der Waals surface area contributed by atoms with Crippen LogP contribution in [0.4, 0.5) is 0 Å². The SMILES string of the molecule is CCN(CC)CCNC(=O)COCc1cc(-c2ccco2)on1. The van der Waals surface area contributed by atoms with Gasteiger partial charge in [0.1, 0.15) is 12.3 Å². The molecule has 2 aromatic heterocycles. The molecule has 0 saturated heterocycles. The highest BCUT2D eigenvalue weighted by Crippen LogP contribution is 2.20. The van der Waals surface area contributed by atoms with E-state index >= 15 is 0 Å². The van der Waals surface area contributed by atoms with E-state index < -0.39 is 0 Å². The third-order valence-electron chi connectivity index (χ3n) is 3.45. The average molecular weight is 321 g/mol. The van der Waals surface area contributed by atoms with Crippen LogP contribution in [-0.2, 0) is 16.1 Å². The predicted octanol–water partition coefficient (Wildman–Crippen LogP) is 1.91. The summed E-state index contributed by atoms with van der Waals surface area (Å²) in [5, 5.41) is 6.71. The number of amides is 1. The number of furan rings is 1. The molecule has 2 rings (SSSR count). The Bertz CT molecular complexity index is 576. The highest BCUT2D eigenvalue weighted by molar-refractivity contribution is 5.77. The molecule has 1 amide bonds. The van der Waals surface area contributed by atoms with Crippen molar-refractivity contribution in [1.29, 1.82) is 0 Å². The van der Waals surface area contributed by atoms with Gasteiger partial charge in [-0.2, -0.15) is 0 Å². The molecule has 0 bridgehead atoms. The van der Waals surface area contributed by atoms with Gasteiger partial charge < -0.3 is 23.9 Å². The Balaban J connectivity index is 1.64. The molecule has 7 heteroatoms. The van der Waals surface area contributed by atoms with E-state index in [9.17, 15) is 4.79 Å². The maximum absolute atomic E-state index is 11.7. The number of aromatic nitrogens is 1. The molecule has 2 heterocycles. The average Bonchev–Trinajstić information content (AvgIpc) is 3.22. The fourth-order valence-electron chi connectivity index (χ4n) is 2.11. The Hall–Kier alpha value is -2.12. The maximum Gasteiger partial charge on any atom is 0.246 e. The first-order valence-electron chi connectivity index (χ1n) is 7.79. The molecule has 0 atom stereocenters. The lowest BCUT2D eigenvalue weighted by Crippen LogP contribution is -2.36. The molecule has 2 aromatic rings. The van der Waals surface area contributed by atoms with E-state index in [4.69, 9.17) is 13.7 Å². The van der Waals surface area contributed by atoms with Crippen LogP contribution in [0.3, 0.4) is 0 Å². The number of likely N-dealkylation sites (N-methyl/N-ethyl adjacent to an activating group) is 1. The van der Waals surface area contributed by atoms with E-state index in [1.54, 1.807) is 24.5 Å². The summed E-state index contributed by atoms with van der Waals surface area (Å²) in [7, 11) is 0. The van der Waals surface area contributed by atoms with Gasteiger partial charge in [-0.25, -0.2) is 0 Å². The number of nitrogens with zero attached hydrogens (tertiary/aromatic N) is 2. The van der Waals surface area contributed by atoms with Crippen molar-refractivity contribution in [2.45, 2.75) is 20.5 Å². The lowest BCUT2D eigenvalue weighted by Gasteiger charge is -2.17. The van der Waals surface area contributed by atoms with Crippen LogP contribution in [0, 0.1) is 0 Å². The van der Waals surface area contributed by atoms with Crippen molar-refractivity contribution in [3.05, 3.63) is 30.2 Å². The first-order valence-corrected chi connectivity index (χ1v) is 7.79. The fourth-order valence-corrected chi connectivity index (χ4v) is 2.11. The molecule has 0 fully saturated rings. The summed E-state index contributed by atoms with van der Waals surface area (Å²) in [6, 6.07) is 5.29. The van der Waals surface area contributed by atoms with Crippen LogP contribution in [0.25, 0.3) is 11.5 Å². The van der Waals surface area contributed by atoms with Gasteiger partial charge in [-0.3, -0.25) is 4.79 Å². The van der Waals surface area contributed by atoms with Crippen LogP contribution < -0.4 is 5.32 Å². The largest absolute Gasteiger partial charge is 0.461 e. The van der Waals surface area contributed by atoms with Crippen LogP contribution in [0.15, 0.2) is 33.4 Å². The Kier molecular flexibility index (Phi) is 6.83. The van der Waals surface area contributed by atoms with Crippen LogP contribution in [0.1, 0.15) is 19.5 Å². The normalized spacial score (nSPS) is 11.1.